The van der Waals surface area contributed by atoms with Crippen molar-refractivity contribution in [1.29, 1.82) is 0 Å². The Morgan fingerprint density at radius 3 is 2.05 bits per heavy atom. The topological polar surface area (TPSA) is 78.4 Å². The van der Waals surface area contributed by atoms with Crippen molar-refractivity contribution < 1.29 is 13.5 Å². The normalized spacial score (nSPS) is 15.2. The van der Waals surface area contributed by atoms with Crippen molar-refractivity contribution in [2.75, 3.05) is 19.6 Å². The quantitative estimate of drug-likeness (QED) is 0.425. The van der Waals surface area contributed by atoms with E-state index in [1.807, 2.05) is 13.8 Å². The van der Waals surface area contributed by atoms with Crippen molar-refractivity contribution in [3.8, 4) is 0 Å². The average molecular weight is 337 g/mol. The smallest absolute Gasteiger partial charge is 0.214 e. The van der Waals surface area contributed by atoms with Crippen molar-refractivity contribution in [2.45, 2.75) is 77.6 Å². The van der Waals surface area contributed by atoms with Crippen LogP contribution in [0.3, 0.4) is 0 Å². The van der Waals surface area contributed by atoms with E-state index in [4.69, 9.17) is 0 Å². The highest BCUT2D eigenvalue weighted by Gasteiger charge is 2.28. The van der Waals surface area contributed by atoms with Crippen LogP contribution in [0.15, 0.2) is 0 Å². The molecule has 0 radical (unpaired) electrons. The zero-order chi connectivity index (χ0) is 17.0. The summed E-state index contributed by atoms with van der Waals surface area (Å²) in [5.41, 5.74) is 0. The van der Waals surface area contributed by atoms with Crippen molar-refractivity contribution in [3.63, 3.8) is 0 Å². The Morgan fingerprint density at radius 2 is 1.55 bits per heavy atom. The Bertz CT molecular complexity index is 356. The van der Waals surface area contributed by atoms with Gasteiger partial charge < -0.3 is 10.4 Å². The number of aliphatic hydroxyl groups is 1. The molecule has 0 fully saturated rings. The summed E-state index contributed by atoms with van der Waals surface area (Å²) in [5.74, 6) is 0.0522. The molecule has 0 heterocycles. The fraction of sp³-hybridized carbons (Fsp3) is 1.00. The summed E-state index contributed by atoms with van der Waals surface area (Å²) in [7, 11) is -3.29. The van der Waals surface area contributed by atoms with Gasteiger partial charge in [-0.05, 0) is 51.6 Å². The average Bonchev–Trinajstić information content (AvgIpc) is 2.40. The lowest BCUT2D eigenvalue weighted by Crippen LogP contribution is -2.38. The van der Waals surface area contributed by atoms with E-state index in [-0.39, 0.29) is 5.92 Å². The molecular weight excluding hydrogens is 300 g/mol. The first-order valence-electron chi connectivity index (χ1n) is 8.68. The van der Waals surface area contributed by atoms with Crippen LogP contribution in [0.4, 0.5) is 0 Å². The second-order valence-corrected chi connectivity index (χ2v) is 8.40. The van der Waals surface area contributed by atoms with Crippen LogP contribution >= 0.6 is 0 Å². The molecule has 5 nitrogen and oxygen atoms in total. The minimum absolute atomic E-state index is 0.0522. The van der Waals surface area contributed by atoms with Gasteiger partial charge in [0.15, 0.2) is 0 Å². The molecule has 2 atom stereocenters. The summed E-state index contributed by atoms with van der Waals surface area (Å²) in [4.78, 5) is 0. The van der Waals surface area contributed by atoms with Gasteiger partial charge in [-0.2, -0.15) is 0 Å². The first-order valence-corrected chi connectivity index (χ1v) is 10.2. The molecule has 22 heavy (non-hydrogen) atoms. The van der Waals surface area contributed by atoms with Gasteiger partial charge in [0, 0.05) is 6.54 Å². The third-order valence-electron chi connectivity index (χ3n) is 3.84. The highest BCUT2D eigenvalue weighted by molar-refractivity contribution is 7.90. The molecule has 0 bridgehead atoms. The summed E-state index contributed by atoms with van der Waals surface area (Å²) in [6, 6.07) is 0. The molecule has 0 rings (SSSR count). The molecule has 0 saturated carbocycles. The van der Waals surface area contributed by atoms with E-state index in [1.54, 1.807) is 6.92 Å². The Balaban J connectivity index is 4.03. The van der Waals surface area contributed by atoms with Crippen LogP contribution in [0.25, 0.3) is 0 Å². The molecule has 0 aromatic rings. The molecule has 3 N–H and O–H groups in total. The van der Waals surface area contributed by atoms with Crippen molar-refractivity contribution in [3.05, 3.63) is 0 Å². The summed E-state index contributed by atoms with van der Waals surface area (Å²) < 4.78 is 27.5. The van der Waals surface area contributed by atoms with Gasteiger partial charge in [0.1, 0.15) is 0 Å². The molecule has 0 spiro atoms. The zero-order valence-electron chi connectivity index (χ0n) is 14.8. The van der Waals surface area contributed by atoms with E-state index < -0.39 is 21.4 Å². The van der Waals surface area contributed by atoms with Gasteiger partial charge in [-0.15, -0.1) is 0 Å². The summed E-state index contributed by atoms with van der Waals surface area (Å²) in [5, 5.41) is 12.2. The van der Waals surface area contributed by atoms with Crippen molar-refractivity contribution in [1.82, 2.24) is 10.0 Å². The number of sulfonamides is 1. The fourth-order valence-electron chi connectivity index (χ4n) is 2.48. The molecule has 0 amide bonds. The predicted molar refractivity (Wildman–Crippen MR) is 93.5 cm³/mol. The van der Waals surface area contributed by atoms with Gasteiger partial charge in [-0.25, -0.2) is 13.1 Å². The van der Waals surface area contributed by atoms with E-state index in [0.29, 0.717) is 19.4 Å². The Kier molecular flexibility index (Phi) is 12.2. The van der Waals surface area contributed by atoms with E-state index in [1.165, 1.54) is 0 Å². The highest BCUT2D eigenvalue weighted by atomic mass is 32.2. The number of unbranched alkanes of at least 4 members (excludes halogenated alkanes) is 3. The Hall–Kier alpha value is -0.170. The second-order valence-electron chi connectivity index (χ2n) is 6.42. The minimum atomic E-state index is -3.29. The third-order valence-corrected chi connectivity index (χ3v) is 6.03. The van der Waals surface area contributed by atoms with Crippen LogP contribution in [0, 0.1) is 5.92 Å². The standard InChI is InChI=1S/C16H36N2O3S/c1-5-17-12-8-6-7-9-13-18-22(20,21)16(14(2)3)11-10-15(4)19/h14-19H,5-13H2,1-4H3. The van der Waals surface area contributed by atoms with Gasteiger partial charge >= 0.3 is 0 Å². The number of rotatable bonds is 14. The molecule has 2 unspecified atom stereocenters. The maximum atomic E-state index is 12.4. The lowest BCUT2D eigenvalue weighted by molar-refractivity contribution is 0.179. The maximum Gasteiger partial charge on any atom is 0.214 e. The molecule has 0 aromatic carbocycles. The molecule has 0 aliphatic heterocycles. The first-order chi connectivity index (χ1) is 10.3. The summed E-state index contributed by atoms with van der Waals surface area (Å²) >= 11 is 0. The van der Waals surface area contributed by atoms with Crippen LogP contribution in [-0.4, -0.2) is 44.5 Å². The lowest BCUT2D eigenvalue weighted by Gasteiger charge is -2.22. The monoisotopic (exact) mass is 336 g/mol. The molecule has 0 saturated heterocycles. The largest absolute Gasteiger partial charge is 0.393 e. The van der Waals surface area contributed by atoms with Crippen LogP contribution < -0.4 is 10.0 Å². The summed E-state index contributed by atoms with van der Waals surface area (Å²) in [6.45, 7) is 10.2. The first kappa shape index (κ1) is 21.8. The highest BCUT2D eigenvalue weighted by Crippen LogP contribution is 2.18. The van der Waals surface area contributed by atoms with Crippen LogP contribution in [-0.2, 0) is 10.0 Å². The Morgan fingerprint density at radius 1 is 0.955 bits per heavy atom. The summed E-state index contributed by atoms with van der Waals surface area (Å²) in [6.07, 6.45) is 4.78. The van der Waals surface area contributed by atoms with Gasteiger partial charge in [0.2, 0.25) is 10.0 Å². The predicted octanol–water partition coefficient (Wildman–Crippen LogP) is 2.26. The Labute approximate surface area is 137 Å². The molecule has 134 valence electrons. The second kappa shape index (κ2) is 12.3. The van der Waals surface area contributed by atoms with Gasteiger partial charge in [-0.3, -0.25) is 0 Å². The van der Waals surface area contributed by atoms with Crippen LogP contribution in [0.5, 0.6) is 0 Å². The maximum absolute atomic E-state index is 12.4. The van der Waals surface area contributed by atoms with Gasteiger partial charge in [0.05, 0.1) is 11.4 Å². The zero-order valence-corrected chi connectivity index (χ0v) is 15.6. The lowest BCUT2D eigenvalue weighted by atomic mass is 10.0. The number of nitrogens with one attached hydrogen (secondary N) is 2. The fourth-order valence-corrected chi connectivity index (χ4v) is 4.28. The number of hydrogen-bond donors (Lipinski definition) is 3. The SMILES string of the molecule is CCNCCCCCCNS(=O)(=O)C(CCC(C)O)C(C)C. The van der Waals surface area contributed by atoms with Gasteiger partial charge in [-0.1, -0.05) is 33.6 Å². The molecule has 0 aliphatic carbocycles. The van der Waals surface area contributed by atoms with E-state index in [2.05, 4.69) is 17.0 Å². The minimum Gasteiger partial charge on any atom is -0.393 e. The molecular formula is C16H36N2O3S. The third kappa shape index (κ3) is 10.5. The molecule has 0 aliphatic rings. The molecule has 0 aromatic heterocycles. The van der Waals surface area contributed by atoms with E-state index in [9.17, 15) is 13.5 Å². The van der Waals surface area contributed by atoms with E-state index >= 15 is 0 Å². The molecule has 6 heteroatoms. The van der Waals surface area contributed by atoms with Crippen LogP contribution in [0.1, 0.15) is 66.2 Å². The van der Waals surface area contributed by atoms with Crippen LogP contribution in [0.2, 0.25) is 0 Å². The number of hydrogen-bond acceptors (Lipinski definition) is 4. The van der Waals surface area contributed by atoms with E-state index in [0.717, 1.165) is 38.8 Å². The van der Waals surface area contributed by atoms with Crippen molar-refractivity contribution >= 4 is 10.0 Å². The number of aliphatic hydroxyl groups excluding tert-OH is 1. The van der Waals surface area contributed by atoms with Crippen molar-refractivity contribution in [2.24, 2.45) is 5.92 Å². The van der Waals surface area contributed by atoms with Gasteiger partial charge in [0.25, 0.3) is 0 Å².